The number of aryl methyl sites for hydroxylation is 1. The highest BCUT2D eigenvalue weighted by Crippen LogP contribution is 2.39. The first-order valence-corrected chi connectivity index (χ1v) is 30.2. The highest BCUT2D eigenvalue weighted by atomic mass is 35.5. The van der Waals surface area contributed by atoms with Gasteiger partial charge in [-0.05, 0) is 105 Å². The van der Waals surface area contributed by atoms with Crippen LogP contribution in [0.15, 0.2) is 78.4 Å². The third-order valence-corrected chi connectivity index (χ3v) is 16.4. The molecule has 81 heavy (non-hydrogen) atoms. The molecule has 0 aliphatic carbocycles. The Balaban J connectivity index is 0.887. The SMILES string of the molecule is Cc1ncsc1-c1ccc([C@@](C)(CN(C)C)NC(=O)[C@@H]2C[C@@H](O)CN2C(=O)[C@@H](NC(=O)COCCCCCOCCS(=O)(=O)Nc2nccc(COc3ccc(C(C)(C)c4cc(Cl)c(OCCCl)c(C#N)c4)cc3)n2)C(C)(C)C)cc1. The number of carbonyl (C=O) groups excluding carboxylic acids is 3. The molecule has 4 N–H and O–H groups in total. The molecule has 0 unspecified atom stereocenters. The maximum absolute atomic E-state index is 14.3. The van der Waals surface area contributed by atoms with Crippen molar-refractivity contribution in [3.05, 3.63) is 117 Å². The first kappa shape index (κ1) is 64.2. The number of anilines is 1. The van der Waals surface area contributed by atoms with Crippen molar-refractivity contribution in [1.82, 2.24) is 35.4 Å². The number of aromatic nitrogens is 3. The van der Waals surface area contributed by atoms with E-state index in [0.29, 0.717) is 60.2 Å². The fourth-order valence-corrected chi connectivity index (χ4v) is 11.4. The summed E-state index contributed by atoms with van der Waals surface area (Å²) in [7, 11) is -0.00500. The third-order valence-electron chi connectivity index (χ3n) is 13.8. The summed E-state index contributed by atoms with van der Waals surface area (Å²) in [6, 6.07) is 20.8. The lowest BCUT2D eigenvalue weighted by atomic mass is 9.77. The van der Waals surface area contributed by atoms with Gasteiger partial charge in [-0.1, -0.05) is 82.6 Å². The Kier molecular flexibility index (Phi) is 22.9. The van der Waals surface area contributed by atoms with Crippen LogP contribution < -0.4 is 24.8 Å². The minimum Gasteiger partial charge on any atom is -0.489 e. The number of nitrogens with zero attached hydrogens (tertiary/aromatic N) is 6. The van der Waals surface area contributed by atoms with E-state index < -0.39 is 62.3 Å². The number of unbranched alkanes of at least 4 members (excludes halogenated alkanes) is 2. The number of likely N-dealkylation sites (N-methyl/N-ethyl adjacent to an activating group) is 1. The molecule has 0 saturated carbocycles. The number of carbonyl (C=O) groups is 3. The van der Waals surface area contributed by atoms with Crippen LogP contribution >= 0.6 is 34.5 Å². The summed E-state index contributed by atoms with van der Waals surface area (Å²) < 4.78 is 51.0. The van der Waals surface area contributed by atoms with E-state index in [1.807, 2.05) is 122 Å². The predicted molar refractivity (Wildman–Crippen MR) is 314 cm³/mol. The Bertz CT molecular complexity index is 3080. The normalized spacial score (nSPS) is 15.9. The molecule has 2 aromatic heterocycles. The van der Waals surface area contributed by atoms with E-state index >= 15 is 0 Å². The maximum Gasteiger partial charge on any atom is 0.246 e. The van der Waals surface area contributed by atoms with Crippen LogP contribution in [0.25, 0.3) is 10.4 Å². The first-order valence-electron chi connectivity index (χ1n) is 26.7. The number of hydrogen-bond acceptors (Lipinski definition) is 16. The number of rotatable bonds is 29. The smallest absolute Gasteiger partial charge is 0.246 e. The van der Waals surface area contributed by atoms with Gasteiger partial charge in [0.05, 0.1) is 62.2 Å². The first-order chi connectivity index (χ1) is 38.3. The Labute approximate surface area is 490 Å². The maximum atomic E-state index is 14.3. The molecule has 1 aliphatic rings. The Morgan fingerprint density at radius 2 is 1.60 bits per heavy atom. The van der Waals surface area contributed by atoms with Gasteiger partial charge in [-0.25, -0.2) is 23.4 Å². The lowest BCUT2D eigenvalue weighted by Gasteiger charge is -2.38. The third kappa shape index (κ3) is 18.0. The molecule has 3 aromatic carbocycles. The number of hydrogen-bond donors (Lipinski definition) is 4. The molecule has 4 atom stereocenters. The van der Waals surface area contributed by atoms with E-state index in [2.05, 4.69) is 36.4 Å². The standard InChI is InChI=1S/C58H75Cl2N9O10S2/c1-38-51(80-37-63-38)39-13-15-42(16-14-39)58(7,36-68(8)9)66-53(72)48-31-45(70)33-69(48)54(73)52(56(2,3)4)65-49(71)35-77-25-12-10-11-24-76-27-28-81(74,75)67-55-62-23-21-44(64-55)34-79-46-19-17-41(18-20-46)57(5,6)43-29-40(32-61)50(47(60)30-43)78-26-22-59/h13-21,23,29-30,37,45,48,52,70H,10-12,22,24-28,31,33-36H2,1-9H3,(H,65,71)(H,66,72)(H,62,64,67)/t45-,48+,52-,58-/m1/s1. The van der Waals surface area contributed by atoms with Gasteiger partial charge in [0.25, 0.3) is 0 Å². The number of nitriles is 1. The highest BCUT2D eigenvalue weighted by molar-refractivity contribution is 7.92. The van der Waals surface area contributed by atoms with E-state index in [1.54, 1.807) is 29.5 Å². The predicted octanol–water partition coefficient (Wildman–Crippen LogP) is 7.99. The van der Waals surface area contributed by atoms with Gasteiger partial charge in [-0.15, -0.1) is 22.9 Å². The van der Waals surface area contributed by atoms with Gasteiger partial charge in [-0.3, -0.25) is 19.1 Å². The van der Waals surface area contributed by atoms with Gasteiger partial charge in [0.2, 0.25) is 33.7 Å². The number of likely N-dealkylation sites (tertiary alicyclic amines) is 1. The summed E-state index contributed by atoms with van der Waals surface area (Å²) in [5.74, 6) is -0.673. The second kappa shape index (κ2) is 28.8. The number of benzene rings is 3. The number of thiazole rings is 1. The lowest BCUT2D eigenvalue weighted by Crippen LogP contribution is -2.60. The number of aliphatic hydroxyl groups excluding tert-OH is 1. The fraction of sp³-hybridized carbons (Fsp3) is 0.500. The van der Waals surface area contributed by atoms with Crippen LogP contribution in [0, 0.1) is 23.7 Å². The summed E-state index contributed by atoms with van der Waals surface area (Å²) in [5, 5.41) is 27.0. The summed E-state index contributed by atoms with van der Waals surface area (Å²) >= 11 is 13.9. The molecule has 1 saturated heterocycles. The second-order valence-corrected chi connectivity index (χ2v) is 25.6. The summed E-state index contributed by atoms with van der Waals surface area (Å²) in [4.78, 5) is 58.9. The minimum atomic E-state index is -3.85. The summed E-state index contributed by atoms with van der Waals surface area (Å²) in [5.41, 5.74) is 5.06. The van der Waals surface area contributed by atoms with Crippen molar-refractivity contribution in [1.29, 1.82) is 5.26 Å². The second-order valence-electron chi connectivity index (χ2n) is 22.1. The molecule has 1 fully saturated rings. The van der Waals surface area contributed by atoms with Crippen LogP contribution in [0.2, 0.25) is 5.02 Å². The zero-order valence-electron chi connectivity index (χ0n) is 47.5. The van der Waals surface area contributed by atoms with E-state index in [4.69, 9.17) is 42.1 Å². The van der Waals surface area contributed by atoms with Crippen LogP contribution in [-0.2, 0) is 51.4 Å². The average molecular weight is 1190 g/mol. The minimum absolute atomic E-state index is 0.0459. The lowest BCUT2D eigenvalue weighted by molar-refractivity contribution is -0.145. The van der Waals surface area contributed by atoms with Crippen LogP contribution in [-0.4, -0.2) is 146 Å². The molecule has 6 rings (SSSR count). The van der Waals surface area contributed by atoms with E-state index in [-0.39, 0.29) is 63.6 Å². The number of aliphatic hydroxyl groups is 1. The van der Waals surface area contributed by atoms with Gasteiger partial charge < -0.3 is 44.5 Å². The summed E-state index contributed by atoms with van der Waals surface area (Å²) in [6.45, 7) is 14.3. The van der Waals surface area contributed by atoms with Gasteiger partial charge in [0.15, 0.2) is 5.75 Å². The zero-order chi connectivity index (χ0) is 59.1. The highest BCUT2D eigenvalue weighted by Gasteiger charge is 2.46. The molecule has 3 amide bonds. The number of amides is 3. The van der Waals surface area contributed by atoms with E-state index in [1.165, 1.54) is 11.1 Å². The molecule has 0 radical (unpaired) electrons. The topological polar surface area (TPSA) is 248 Å². The molecule has 0 bridgehead atoms. The number of β-amino-alcohol motifs (C(OH)–C–C–N with tert-alkyl or cyclic N) is 1. The molecule has 23 heteroatoms. The van der Waals surface area contributed by atoms with Crippen LogP contribution in [0.5, 0.6) is 11.5 Å². The molecule has 1 aliphatic heterocycles. The van der Waals surface area contributed by atoms with Crippen LogP contribution in [0.3, 0.4) is 0 Å². The zero-order valence-corrected chi connectivity index (χ0v) is 50.7. The largest absolute Gasteiger partial charge is 0.489 e. The van der Waals surface area contributed by atoms with Gasteiger partial charge >= 0.3 is 0 Å². The number of sulfonamides is 1. The molecule has 19 nitrogen and oxygen atoms in total. The van der Waals surface area contributed by atoms with Crippen molar-refractivity contribution in [3.8, 4) is 28.0 Å². The Morgan fingerprint density at radius 3 is 2.25 bits per heavy atom. The Morgan fingerprint density at radius 1 is 0.914 bits per heavy atom. The quantitative estimate of drug-likeness (QED) is 0.0262. The van der Waals surface area contributed by atoms with Crippen molar-refractivity contribution in [2.24, 2.45) is 5.41 Å². The molecular weight excluding hydrogens is 1120 g/mol. The molecule has 5 aromatic rings. The molecule has 438 valence electrons. The summed E-state index contributed by atoms with van der Waals surface area (Å²) in [6.07, 6.45) is 2.47. The monoisotopic (exact) mass is 1190 g/mol. The number of halogens is 2. The van der Waals surface area contributed by atoms with Crippen molar-refractivity contribution in [2.75, 3.05) is 76.6 Å². The number of ether oxygens (including phenoxy) is 4. The van der Waals surface area contributed by atoms with Crippen molar-refractivity contribution >= 4 is 68.2 Å². The molecule has 0 spiro atoms. The molecule has 3 heterocycles. The van der Waals surface area contributed by atoms with E-state index in [0.717, 1.165) is 32.8 Å². The molecular formula is C58H75Cl2N9O10S2. The van der Waals surface area contributed by atoms with Crippen molar-refractivity contribution < 1.29 is 46.9 Å². The van der Waals surface area contributed by atoms with Crippen molar-refractivity contribution in [2.45, 2.75) is 110 Å². The number of nitrogens with one attached hydrogen (secondary N) is 3. The van der Waals surface area contributed by atoms with Crippen molar-refractivity contribution in [3.63, 3.8) is 0 Å². The fourth-order valence-electron chi connectivity index (χ4n) is 9.43. The average Bonchev–Trinajstić information content (AvgIpc) is 4.05. The van der Waals surface area contributed by atoms with Crippen LogP contribution in [0.4, 0.5) is 5.95 Å². The van der Waals surface area contributed by atoms with Gasteiger partial charge in [0.1, 0.15) is 43.7 Å². The van der Waals surface area contributed by atoms with Gasteiger partial charge in [0, 0.05) is 44.3 Å². The van der Waals surface area contributed by atoms with E-state index in [9.17, 15) is 33.2 Å². The number of alkyl halides is 1. The van der Waals surface area contributed by atoms with Crippen LogP contribution in [0.1, 0.15) is 101 Å². The van der Waals surface area contributed by atoms with Gasteiger partial charge in [-0.2, -0.15) is 5.26 Å². The Hall–Kier alpha value is -5.96.